The molecule has 5 nitrogen and oxygen atoms in total. The van der Waals surface area contributed by atoms with Crippen LogP contribution < -0.4 is 10.1 Å². The fourth-order valence-corrected chi connectivity index (χ4v) is 6.33. The number of halogens is 3. The number of ether oxygens (including phenoxy) is 1. The van der Waals surface area contributed by atoms with Crippen molar-refractivity contribution in [3.8, 4) is 5.75 Å². The van der Waals surface area contributed by atoms with Crippen LogP contribution in [0.4, 0.5) is 5.69 Å². The molecule has 0 saturated carbocycles. The van der Waals surface area contributed by atoms with Crippen molar-refractivity contribution < 1.29 is 4.74 Å². The highest BCUT2D eigenvalue weighted by Crippen LogP contribution is 2.40. The third-order valence-corrected chi connectivity index (χ3v) is 9.11. The summed E-state index contributed by atoms with van der Waals surface area (Å²) < 4.78 is 6.28. The second-order valence-electron chi connectivity index (χ2n) is 11.8. The smallest absolute Gasteiger partial charge is 0.128 e. The molecule has 1 N–H and O–H groups in total. The van der Waals surface area contributed by atoms with Gasteiger partial charge in [0.05, 0.1) is 15.6 Å². The van der Waals surface area contributed by atoms with E-state index in [0.29, 0.717) is 22.0 Å². The predicted octanol–water partition coefficient (Wildman–Crippen LogP) is 9.66. The molecular weight excluding hydrogens is 611 g/mol. The topological polar surface area (TPSA) is 40.6 Å². The molecule has 0 amide bonds. The number of nitrogens with one attached hydrogen (secondary N) is 1. The Hall–Kier alpha value is -2.54. The average molecular weight is 656 g/mol. The zero-order chi connectivity index (χ0) is 31.6. The van der Waals surface area contributed by atoms with Gasteiger partial charge in [0.1, 0.15) is 11.9 Å². The molecule has 0 bridgehead atoms. The molecule has 3 unspecified atom stereocenters. The maximum atomic E-state index is 6.28. The van der Waals surface area contributed by atoms with Crippen molar-refractivity contribution in [3.05, 3.63) is 99.1 Å². The van der Waals surface area contributed by atoms with Gasteiger partial charge in [0.15, 0.2) is 0 Å². The Balaban J connectivity index is 0.000000201. The van der Waals surface area contributed by atoms with Gasteiger partial charge in [-0.3, -0.25) is 4.98 Å². The molecule has 0 saturated heterocycles. The van der Waals surface area contributed by atoms with E-state index in [9.17, 15) is 0 Å². The van der Waals surface area contributed by atoms with Crippen molar-refractivity contribution in [3.63, 3.8) is 0 Å². The van der Waals surface area contributed by atoms with Crippen LogP contribution in [0, 0.1) is 5.92 Å². The van der Waals surface area contributed by atoms with Crippen molar-refractivity contribution in [1.29, 1.82) is 0 Å². The summed E-state index contributed by atoms with van der Waals surface area (Å²) in [4.78, 5) is 9.07. The summed E-state index contributed by atoms with van der Waals surface area (Å²) in [5.74, 6) is 1.20. The van der Waals surface area contributed by atoms with E-state index in [-0.39, 0.29) is 6.10 Å². The lowest BCUT2D eigenvalue weighted by Crippen LogP contribution is -2.27. The summed E-state index contributed by atoms with van der Waals surface area (Å²) in [6, 6.07) is 22.3. The van der Waals surface area contributed by atoms with Crippen molar-refractivity contribution in [1.82, 2.24) is 14.8 Å². The first-order valence-corrected chi connectivity index (χ1v) is 16.7. The maximum Gasteiger partial charge on any atom is 0.128 e. The van der Waals surface area contributed by atoms with Gasteiger partial charge in [-0.15, -0.1) is 0 Å². The Morgan fingerprint density at radius 1 is 0.955 bits per heavy atom. The molecule has 0 spiro atoms. The Kier molecular flexibility index (Phi) is 13.0. The van der Waals surface area contributed by atoms with Crippen LogP contribution in [0.2, 0.25) is 15.1 Å². The van der Waals surface area contributed by atoms with Crippen molar-refractivity contribution in [2.24, 2.45) is 5.92 Å². The van der Waals surface area contributed by atoms with E-state index in [0.717, 1.165) is 59.8 Å². The van der Waals surface area contributed by atoms with Crippen LogP contribution >= 0.6 is 34.8 Å². The van der Waals surface area contributed by atoms with Gasteiger partial charge in [0, 0.05) is 46.9 Å². The fourth-order valence-electron chi connectivity index (χ4n) is 5.87. The number of rotatable bonds is 12. The molecule has 1 aliphatic carbocycles. The van der Waals surface area contributed by atoms with E-state index >= 15 is 0 Å². The molecule has 44 heavy (non-hydrogen) atoms. The zero-order valence-corrected chi connectivity index (χ0v) is 28.8. The van der Waals surface area contributed by atoms with E-state index in [2.05, 4.69) is 79.2 Å². The molecule has 5 rings (SSSR count). The molecule has 0 fully saturated rings. The minimum absolute atomic E-state index is 0.0517. The average Bonchev–Trinajstić information content (AvgIpc) is 3.33. The third kappa shape index (κ3) is 9.48. The molecule has 236 valence electrons. The number of hydrogen-bond acceptors (Lipinski definition) is 5. The zero-order valence-electron chi connectivity index (χ0n) is 26.5. The van der Waals surface area contributed by atoms with Crippen molar-refractivity contribution in [2.75, 3.05) is 45.6 Å². The SMILES string of the molecule is CCN(CC)CCCC(C)Nc1ccnc2cc(Cl)ccc12.CN(C)CC1Cc2ccccc2C1Oc1ccc(Cl)c(Cl)c1. The van der Waals surface area contributed by atoms with Crippen molar-refractivity contribution in [2.45, 2.75) is 52.2 Å². The number of hydrogen-bond donors (Lipinski definition) is 1. The number of anilines is 1. The van der Waals surface area contributed by atoms with Gasteiger partial charge in [0.25, 0.3) is 0 Å². The molecule has 1 aromatic heterocycles. The first-order valence-electron chi connectivity index (χ1n) is 15.6. The van der Waals surface area contributed by atoms with Crippen LogP contribution in [0.3, 0.4) is 0 Å². The van der Waals surface area contributed by atoms with Gasteiger partial charge in [-0.25, -0.2) is 0 Å². The number of benzene rings is 3. The molecule has 3 atom stereocenters. The number of nitrogens with zero attached hydrogens (tertiary/aromatic N) is 3. The lowest BCUT2D eigenvalue weighted by molar-refractivity contribution is 0.128. The molecule has 1 heterocycles. The highest BCUT2D eigenvalue weighted by molar-refractivity contribution is 6.42. The summed E-state index contributed by atoms with van der Waals surface area (Å²) >= 11 is 18.1. The Morgan fingerprint density at radius 3 is 2.45 bits per heavy atom. The Labute approximate surface area is 278 Å². The van der Waals surface area contributed by atoms with Gasteiger partial charge in [-0.05, 0) is 107 Å². The highest BCUT2D eigenvalue weighted by Gasteiger charge is 2.34. The first-order chi connectivity index (χ1) is 21.2. The lowest BCUT2D eigenvalue weighted by atomic mass is 10.0. The molecule has 8 heteroatoms. The molecular formula is C36H45Cl3N4O. The minimum Gasteiger partial charge on any atom is -0.485 e. The Bertz CT molecular complexity index is 1490. The lowest BCUT2D eigenvalue weighted by Gasteiger charge is -2.25. The van der Waals surface area contributed by atoms with Gasteiger partial charge in [-0.2, -0.15) is 0 Å². The third-order valence-electron chi connectivity index (χ3n) is 8.14. The van der Waals surface area contributed by atoms with Gasteiger partial charge in [-0.1, -0.05) is 72.9 Å². The summed E-state index contributed by atoms with van der Waals surface area (Å²) in [5, 5.41) is 6.54. The van der Waals surface area contributed by atoms with Crippen LogP contribution in [-0.4, -0.2) is 61.1 Å². The predicted molar refractivity (Wildman–Crippen MR) is 189 cm³/mol. The van der Waals surface area contributed by atoms with Crippen LogP contribution in [0.25, 0.3) is 10.9 Å². The van der Waals surface area contributed by atoms with Gasteiger partial charge < -0.3 is 19.9 Å². The van der Waals surface area contributed by atoms with Crippen LogP contribution in [-0.2, 0) is 6.42 Å². The van der Waals surface area contributed by atoms with Crippen LogP contribution in [0.1, 0.15) is 50.8 Å². The number of fused-ring (bicyclic) bond motifs is 2. The quantitative estimate of drug-likeness (QED) is 0.165. The molecule has 0 aliphatic heterocycles. The summed E-state index contributed by atoms with van der Waals surface area (Å²) in [7, 11) is 4.19. The van der Waals surface area contributed by atoms with E-state index in [4.69, 9.17) is 39.5 Å². The van der Waals surface area contributed by atoms with E-state index in [1.807, 2.05) is 36.5 Å². The minimum atomic E-state index is 0.0517. The molecule has 0 radical (unpaired) electrons. The largest absolute Gasteiger partial charge is 0.485 e. The Morgan fingerprint density at radius 2 is 1.73 bits per heavy atom. The van der Waals surface area contributed by atoms with E-state index < -0.39 is 0 Å². The highest BCUT2D eigenvalue weighted by atomic mass is 35.5. The number of aromatic nitrogens is 1. The summed E-state index contributed by atoms with van der Waals surface area (Å²) in [6.07, 6.45) is 5.30. The standard InChI is InChI=1S/C18H19Cl2NO.C18H26ClN3/c1-21(2)11-13-9-12-5-3-4-6-15(12)18(13)22-14-7-8-16(19)17(20)10-14;1-4-22(5-2)12-6-7-14(3)21-17-10-11-20-18-13-15(19)8-9-16(17)18/h3-8,10,13,18H,9,11H2,1-2H3;8-11,13-14H,4-7,12H2,1-3H3,(H,20,21). The van der Waals surface area contributed by atoms with E-state index in [1.54, 1.807) is 12.1 Å². The second-order valence-corrected chi connectivity index (χ2v) is 13.0. The van der Waals surface area contributed by atoms with Crippen LogP contribution in [0.5, 0.6) is 5.75 Å². The van der Waals surface area contributed by atoms with E-state index in [1.165, 1.54) is 24.1 Å². The number of pyridine rings is 1. The van der Waals surface area contributed by atoms with Crippen LogP contribution in [0.15, 0.2) is 72.9 Å². The maximum absolute atomic E-state index is 6.28. The monoisotopic (exact) mass is 654 g/mol. The normalized spacial score (nSPS) is 16.5. The van der Waals surface area contributed by atoms with Crippen molar-refractivity contribution >= 4 is 51.4 Å². The second kappa shape index (κ2) is 16.7. The first kappa shape index (κ1) is 34.3. The fraction of sp³-hybridized carbons (Fsp3) is 0.417. The molecule has 1 aliphatic rings. The molecule has 4 aromatic rings. The summed E-state index contributed by atoms with van der Waals surface area (Å²) in [5.41, 5.74) is 4.73. The van der Waals surface area contributed by atoms with Gasteiger partial charge in [0.2, 0.25) is 0 Å². The summed E-state index contributed by atoms with van der Waals surface area (Å²) in [6.45, 7) is 11.1. The molecule has 3 aromatic carbocycles. The van der Waals surface area contributed by atoms with Gasteiger partial charge >= 0.3 is 0 Å².